The quantitative estimate of drug-likeness (QED) is 0.794. The third-order valence-electron chi connectivity index (χ3n) is 2.09. The molecule has 0 radical (unpaired) electrons. The summed E-state index contributed by atoms with van der Waals surface area (Å²) in [6.07, 6.45) is -0.656. The lowest BCUT2D eigenvalue weighted by Gasteiger charge is -2.18. The number of nitrogens with zero attached hydrogens (tertiary/aromatic N) is 2. The molecule has 0 amide bonds. The van der Waals surface area contributed by atoms with Gasteiger partial charge >= 0.3 is 0 Å². The van der Waals surface area contributed by atoms with Gasteiger partial charge in [0.1, 0.15) is 0 Å². The number of rotatable bonds is 4. The third kappa shape index (κ3) is 3.52. The zero-order valence-corrected chi connectivity index (χ0v) is 9.28. The molecule has 0 aliphatic carbocycles. The molecule has 1 aromatic carbocycles. The number of aliphatic hydroxyl groups excluding tert-OH is 1. The van der Waals surface area contributed by atoms with E-state index in [1.165, 1.54) is 0 Å². The number of hydrogen-bond donors (Lipinski definition) is 1. The van der Waals surface area contributed by atoms with Crippen LogP contribution in [0.25, 0.3) is 0 Å². The summed E-state index contributed by atoms with van der Waals surface area (Å²) >= 11 is 5.94. The van der Waals surface area contributed by atoms with Gasteiger partial charge in [0.2, 0.25) is 0 Å². The summed E-state index contributed by atoms with van der Waals surface area (Å²) in [5.41, 5.74) is 0.698. The molecule has 0 saturated heterocycles. The van der Waals surface area contributed by atoms with Crippen LogP contribution in [0, 0.1) is 11.3 Å². The Balaban J connectivity index is 2.66. The van der Waals surface area contributed by atoms with E-state index < -0.39 is 6.10 Å². The highest BCUT2D eigenvalue weighted by atomic mass is 35.5. The molecule has 15 heavy (non-hydrogen) atoms. The van der Waals surface area contributed by atoms with E-state index in [2.05, 4.69) is 0 Å². The van der Waals surface area contributed by atoms with Crippen molar-refractivity contribution in [3.8, 4) is 6.07 Å². The number of hydrogen-bond acceptors (Lipinski definition) is 3. The maximum atomic E-state index is 9.86. The average molecular weight is 225 g/mol. The molecule has 1 rings (SSSR count). The first-order chi connectivity index (χ1) is 7.15. The normalized spacial score (nSPS) is 12.5. The fourth-order valence-electron chi connectivity index (χ4n) is 1.32. The van der Waals surface area contributed by atoms with Gasteiger partial charge in [0.05, 0.1) is 18.7 Å². The average Bonchev–Trinajstić information content (AvgIpc) is 2.18. The summed E-state index contributed by atoms with van der Waals surface area (Å²) < 4.78 is 0. The third-order valence-corrected chi connectivity index (χ3v) is 2.43. The second-order valence-corrected chi connectivity index (χ2v) is 3.80. The highest BCUT2D eigenvalue weighted by molar-refractivity contribution is 6.31. The summed E-state index contributed by atoms with van der Waals surface area (Å²) in [6.45, 7) is 0.693. The van der Waals surface area contributed by atoms with E-state index in [0.717, 1.165) is 0 Å². The monoisotopic (exact) mass is 224 g/mol. The van der Waals surface area contributed by atoms with Crippen LogP contribution in [-0.2, 0) is 0 Å². The van der Waals surface area contributed by atoms with Crippen LogP contribution in [-0.4, -0.2) is 30.1 Å². The van der Waals surface area contributed by atoms with Gasteiger partial charge in [-0.1, -0.05) is 29.8 Å². The Morgan fingerprint density at radius 3 is 2.80 bits per heavy atom. The van der Waals surface area contributed by atoms with Gasteiger partial charge in [-0.3, -0.25) is 4.90 Å². The first kappa shape index (κ1) is 12.0. The zero-order chi connectivity index (χ0) is 11.3. The van der Waals surface area contributed by atoms with E-state index in [9.17, 15) is 5.11 Å². The molecule has 1 aromatic rings. The molecule has 1 atom stereocenters. The number of benzene rings is 1. The van der Waals surface area contributed by atoms with E-state index in [1.807, 2.05) is 18.2 Å². The first-order valence-corrected chi connectivity index (χ1v) is 5.01. The molecular weight excluding hydrogens is 212 g/mol. The summed E-state index contributed by atoms with van der Waals surface area (Å²) in [4.78, 5) is 1.74. The molecular formula is C11H13ClN2O. The number of halogens is 1. The van der Waals surface area contributed by atoms with E-state index >= 15 is 0 Å². The van der Waals surface area contributed by atoms with Crippen molar-refractivity contribution in [1.82, 2.24) is 4.90 Å². The van der Waals surface area contributed by atoms with Gasteiger partial charge < -0.3 is 5.11 Å². The van der Waals surface area contributed by atoms with Crippen LogP contribution in [0.2, 0.25) is 5.02 Å². The Morgan fingerprint density at radius 1 is 1.53 bits per heavy atom. The molecule has 1 unspecified atom stereocenters. The predicted octanol–water partition coefficient (Wildman–Crippen LogP) is 1.83. The Morgan fingerprint density at radius 2 is 2.20 bits per heavy atom. The van der Waals surface area contributed by atoms with Gasteiger partial charge in [-0.05, 0) is 13.1 Å². The van der Waals surface area contributed by atoms with Crippen molar-refractivity contribution in [1.29, 1.82) is 5.26 Å². The van der Waals surface area contributed by atoms with Gasteiger partial charge in [0.15, 0.2) is 0 Å². The van der Waals surface area contributed by atoms with E-state index in [4.69, 9.17) is 16.9 Å². The molecule has 0 aliphatic rings. The summed E-state index contributed by atoms with van der Waals surface area (Å²) in [6, 6.07) is 9.19. The van der Waals surface area contributed by atoms with Crippen molar-refractivity contribution in [3.05, 3.63) is 34.9 Å². The minimum Gasteiger partial charge on any atom is -0.387 e. The smallest absolute Gasteiger partial charge is 0.0931 e. The van der Waals surface area contributed by atoms with Crippen LogP contribution in [0.3, 0.4) is 0 Å². The molecule has 0 bridgehead atoms. The summed E-state index contributed by atoms with van der Waals surface area (Å²) in [5, 5.41) is 18.9. The Kier molecular flexibility index (Phi) is 4.57. The van der Waals surface area contributed by atoms with Crippen LogP contribution < -0.4 is 0 Å². The molecule has 0 aromatic heterocycles. The van der Waals surface area contributed by atoms with Crippen LogP contribution >= 0.6 is 11.6 Å². The van der Waals surface area contributed by atoms with Gasteiger partial charge in [0, 0.05) is 17.1 Å². The number of likely N-dealkylation sites (N-methyl/N-ethyl adjacent to an activating group) is 1. The SMILES string of the molecule is CN(CC#N)CC(O)c1ccccc1Cl. The Bertz CT molecular complexity index is 362. The second kappa shape index (κ2) is 5.72. The molecule has 0 spiro atoms. The lowest BCUT2D eigenvalue weighted by Crippen LogP contribution is -2.25. The van der Waals surface area contributed by atoms with Crippen molar-refractivity contribution in [2.45, 2.75) is 6.10 Å². The molecule has 1 N–H and O–H groups in total. The van der Waals surface area contributed by atoms with Gasteiger partial charge in [-0.2, -0.15) is 5.26 Å². The fraction of sp³-hybridized carbons (Fsp3) is 0.364. The first-order valence-electron chi connectivity index (χ1n) is 4.63. The lowest BCUT2D eigenvalue weighted by molar-refractivity contribution is 0.133. The molecule has 0 heterocycles. The van der Waals surface area contributed by atoms with Gasteiger partial charge in [0.25, 0.3) is 0 Å². The minimum absolute atomic E-state index is 0.293. The van der Waals surface area contributed by atoms with Crippen LogP contribution in [0.4, 0.5) is 0 Å². The second-order valence-electron chi connectivity index (χ2n) is 3.39. The highest BCUT2D eigenvalue weighted by Crippen LogP contribution is 2.22. The Hall–Kier alpha value is -1.08. The Labute approximate surface area is 94.5 Å². The molecule has 80 valence electrons. The molecule has 0 fully saturated rings. The van der Waals surface area contributed by atoms with Crippen molar-refractivity contribution < 1.29 is 5.11 Å². The van der Waals surface area contributed by atoms with Crippen molar-refractivity contribution in [2.24, 2.45) is 0 Å². The maximum Gasteiger partial charge on any atom is 0.0931 e. The number of nitriles is 1. The van der Waals surface area contributed by atoms with Crippen molar-refractivity contribution >= 4 is 11.6 Å². The lowest BCUT2D eigenvalue weighted by atomic mass is 10.1. The van der Waals surface area contributed by atoms with Gasteiger partial charge in [-0.15, -0.1) is 0 Å². The summed E-state index contributed by atoms with van der Waals surface area (Å²) in [7, 11) is 1.78. The van der Waals surface area contributed by atoms with E-state index in [1.54, 1.807) is 24.1 Å². The standard InChI is InChI=1S/C11H13ClN2O/c1-14(7-6-13)8-11(15)9-4-2-3-5-10(9)12/h2-5,11,15H,7-8H2,1H3. The molecule has 3 nitrogen and oxygen atoms in total. The maximum absolute atomic E-state index is 9.86. The number of aliphatic hydroxyl groups is 1. The zero-order valence-electron chi connectivity index (χ0n) is 8.52. The van der Waals surface area contributed by atoms with Crippen LogP contribution in [0.1, 0.15) is 11.7 Å². The van der Waals surface area contributed by atoms with Crippen LogP contribution in [0.15, 0.2) is 24.3 Å². The van der Waals surface area contributed by atoms with Gasteiger partial charge in [-0.25, -0.2) is 0 Å². The van der Waals surface area contributed by atoms with Crippen molar-refractivity contribution in [2.75, 3.05) is 20.1 Å². The summed E-state index contributed by atoms with van der Waals surface area (Å²) in [5.74, 6) is 0. The molecule has 0 aliphatic heterocycles. The van der Waals surface area contributed by atoms with Crippen molar-refractivity contribution in [3.63, 3.8) is 0 Å². The predicted molar refractivity (Wildman–Crippen MR) is 59.5 cm³/mol. The highest BCUT2D eigenvalue weighted by Gasteiger charge is 2.12. The topological polar surface area (TPSA) is 47.3 Å². The van der Waals surface area contributed by atoms with E-state index in [-0.39, 0.29) is 0 Å². The molecule has 0 saturated carbocycles. The fourth-order valence-corrected chi connectivity index (χ4v) is 1.59. The molecule has 4 heteroatoms. The van der Waals surface area contributed by atoms with Crippen LogP contribution in [0.5, 0.6) is 0 Å². The minimum atomic E-state index is -0.656. The largest absolute Gasteiger partial charge is 0.387 e. The van der Waals surface area contributed by atoms with E-state index in [0.29, 0.717) is 23.7 Å².